The van der Waals surface area contributed by atoms with Crippen LogP contribution < -0.4 is 5.32 Å². The summed E-state index contributed by atoms with van der Waals surface area (Å²) in [6.45, 7) is 2.91. The number of aromatic hydroxyl groups is 1. The van der Waals surface area contributed by atoms with Crippen molar-refractivity contribution in [2.75, 3.05) is 19.8 Å². The third kappa shape index (κ3) is 4.32. The van der Waals surface area contributed by atoms with E-state index >= 15 is 0 Å². The average molecular weight is 239 g/mol. The van der Waals surface area contributed by atoms with Gasteiger partial charge >= 0.3 is 0 Å². The van der Waals surface area contributed by atoms with Gasteiger partial charge in [-0.15, -0.1) is 0 Å². The molecule has 0 aromatic heterocycles. The number of benzene rings is 1. The van der Waals surface area contributed by atoms with Crippen molar-refractivity contribution in [3.8, 4) is 5.75 Å². The van der Waals surface area contributed by atoms with E-state index in [2.05, 4.69) is 5.32 Å². The van der Waals surface area contributed by atoms with Gasteiger partial charge in [-0.05, 0) is 36.5 Å². The summed E-state index contributed by atoms with van der Waals surface area (Å²) in [7, 11) is 0. The van der Waals surface area contributed by atoms with Crippen LogP contribution in [0.2, 0.25) is 0 Å². The molecular weight excluding hydrogens is 221 g/mol. The fraction of sp³-hybridized carbons (Fsp3) is 0.538. The van der Waals surface area contributed by atoms with Crippen LogP contribution in [0.4, 0.5) is 4.39 Å². The largest absolute Gasteiger partial charge is 0.505 e. The van der Waals surface area contributed by atoms with E-state index in [1.54, 1.807) is 6.07 Å². The quantitative estimate of drug-likeness (QED) is 0.715. The number of phenolic OH excluding ortho intramolecular Hbond substituents is 1. The Morgan fingerprint density at radius 2 is 2.24 bits per heavy atom. The zero-order valence-corrected chi connectivity index (χ0v) is 9.79. The molecule has 4 heteroatoms. The van der Waals surface area contributed by atoms with Crippen molar-refractivity contribution >= 4 is 0 Å². The molecule has 0 aliphatic heterocycles. The number of ether oxygens (including phenoxy) is 1. The summed E-state index contributed by atoms with van der Waals surface area (Å²) in [6, 6.07) is 4.42. The first kappa shape index (κ1) is 12.3. The van der Waals surface area contributed by atoms with Crippen LogP contribution in [0.15, 0.2) is 18.2 Å². The Morgan fingerprint density at radius 3 is 2.94 bits per heavy atom. The summed E-state index contributed by atoms with van der Waals surface area (Å²) in [4.78, 5) is 0. The summed E-state index contributed by atoms with van der Waals surface area (Å²) in [6.07, 6.45) is 2.61. The Bertz CT molecular complexity index is 366. The van der Waals surface area contributed by atoms with Gasteiger partial charge in [0.25, 0.3) is 0 Å². The maximum atomic E-state index is 13.0. The number of rotatable bonds is 7. The van der Waals surface area contributed by atoms with Crippen molar-refractivity contribution < 1.29 is 14.2 Å². The third-order valence-electron chi connectivity index (χ3n) is 2.81. The number of nitrogens with one attached hydrogen (secondary N) is 1. The molecule has 0 bridgehead atoms. The van der Waals surface area contributed by atoms with Gasteiger partial charge in [0, 0.05) is 19.7 Å². The smallest absolute Gasteiger partial charge is 0.165 e. The van der Waals surface area contributed by atoms with Crippen LogP contribution in [0, 0.1) is 11.7 Å². The Labute approximate surface area is 101 Å². The van der Waals surface area contributed by atoms with Crippen LogP contribution in [0.25, 0.3) is 0 Å². The predicted molar refractivity (Wildman–Crippen MR) is 63.3 cm³/mol. The maximum Gasteiger partial charge on any atom is 0.165 e. The van der Waals surface area contributed by atoms with Crippen molar-refractivity contribution in [3.05, 3.63) is 29.6 Å². The molecule has 1 aromatic carbocycles. The van der Waals surface area contributed by atoms with E-state index in [9.17, 15) is 4.39 Å². The highest BCUT2D eigenvalue weighted by atomic mass is 19.1. The first-order chi connectivity index (χ1) is 8.25. The first-order valence-electron chi connectivity index (χ1n) is 6.01. The topological polar surface area (TPSA) is 41.5 Å². The van der Waals surface area contributed by atoms with Crippen LogP contribution in [0.5, 0.6) is 5.75 Å². The second-order valence-corrected chi connectivity index (χ2v) is 4.48. The normalized spacial score (nSPS) is 15.1. The highest BCUT2D eigenvalue weighted by Gasteiger charge is 2.20. The molecule has 0 heterocycles. The molecule has 1 aliphatic carbocycles. The van der Waals surface area contributed by atoms with E-state index in [1.165, 1.54) is 25.0 Å². The van der Waals surface area contributed by atoms with Crippen LogP contribution in [0.1, 0.15) is 18.4 Å². The van der Waals surface area contributed by atoms with Gasteiger partial charge in [0.05, 0.1) is 6.61 Å². The Balaban J connectivity index is 1.58. The molecule has 1 aliphatic rings. The molecule has 0 amide bonds. The van der Waals surface area contributed by atoms with Crippen molar-refractivity contribution in [1.82, 2.24) is 5.32 Å². The molecule has 17 heavy (non-hydrogen) atoms. The zero-order valence-electron chi connectivity index (χ0n) is 9.79. The molecular formula is C13H18FNO2. The molecule has 1 fully saturated rings. The van der Waals surface area contributed by atoms with Gasteiger partial charge < -0.3 is 15.2 Å². The summed E-state index contributed by atoms with van der Waals surface area (Å²) < 4.78 is 18.5. The summed E-state index contributed by atoms with van der Waals surface area (Å²) in [5.74, 6) is -0.0861. The van der Waals surface area contributed by atoms with Gasteiger partial charge in [-0.3, -0.25) is 0 Å². The summed E-state index contributed by atoms with van der Waals surface area (Å²) >= 11 is 0. The Hall–Kier alpha value is -1.13. The van der Waals surface area contributed by atoms with E-state index in [-0.39, 0.29) is 5.75 Å². The van der Waals surface area contributed by atoms with E-state index < -0.39 is 5.82 Å². The van der Waals surface area contributed by atoms with E-state index in [1.807, 2.05) is 0 Å². The highest BCUT2D eigenvalue weighted by Crippen LogP contribution is 2.28. The molecule has 0 radical (unpaired) electrons. The molecule has 2 rings (SSSR count). The number of halogens is 1. The Morgan fingerprint density at radius 1 is 1.41 bits per heavy atom. The lowest BCUT2D eigenvalue weighted by molar-refractivity contribution is 0.126. The molecule has 2 N–H and O–H groups in total. The van der Waals surface area contributed by atoms with Crippen molar-refractivity contribution in [3.63, 3.8) is 0 Å². The summed E-state index contributed by atoms with van der Waals surface area (Å²) in [5, 5.41) is 12.2. The number of hydrogen-bond acceptors (Lipinski definition) is 3. The lowest BCUT2D eigenvalue weighted by atomic mass is 10.2. The van der Waals surface area contributed by atoms with Gasteiger partial charge in [-0.1, -0.05) is 6.07 Å². The minimum absolute atomic E-state index is 0.304. The molecule has 0 unspecified atom stereocenters. The van der Waals surface area contributed by atoms with E-state index in [4.69, 9.17) is 9.84 Å². The lowest BCUT2D eigenvalue weighted by Gasteiger charge is -2.06. The van der Waals surface area contributed by atoms with Crippen molar-refractivity contribution in [1.29, 1.82) is 0 Å². The zero-order chi connectivity index (χ0) is 12.1. The van der Waals surface area contributed by atoms with Gasteiger partial charge in [-0.25, -0.2) is 4.39 Å². The molecule has 94 valence electrons. The predicted octanol–water partition coefficient (Wildman–Crippen LogP) is 2.05. The number of hydrogen-bond donors (Lipinski definition) is 2. The van der Waals surface area contributed by atoms with Crippen molar-refractivity contribution in [2.45, 2.75) is 19.4 Å². The molecule has 1 saturated carbocycles. The summed E-state index contributed by atoms with van der Waals surface area (Å²) in [5.41, 5.74) is 0.822. The van der Waals surface area contributed by atoms with Gasteiger partial charge in [0.2, 0.25) is 0 Å². The minimum atomic E-state index is -0.575. The second kappa shape index (κ2) is 5.98. The molecule has 0 spiro atoms. The van der Waals surface area contributed by atoms with Crippen LogP contribution >= 0.6 is 0 Å². The molecule has 0 saturated heterocycles. The SMILES string of the molecule is Oc1ccc(CNCCOCC2CC2)cc1F. The van der Waals surface area contributed by atoms with E-state index in [0.717, 1.165) is 24.6 Å². The minimum Gasteiger partial charge on any atom is -0.505 e. The fourth-order valence-electron chi connectivity index (χ4n) is 1.57. The monoisotopic (exact) mass is 239 g/mol. The molecule has 3 nitrogen and oxygen atoms in total. The molecule has 0 atom stereocenters. The Kier molecular flexibility index (Phi) is 4.34. The van der Waals surface area contributed by atoms with Crippen LogP contribution in [0.3, 0.4) is 0 Å². The molecule has 1 aromatic rings. The van der Waals surface area contributed by atoms with Crippen molar-refractivity contribution in [2.24, 2.45) is 5.92 Å². The standard InChI is InChI=1S/C13H18FNO2/c14-12-7-11(3-4-13(12)16)8-15-5-6-17-9-10-1-2-10/h3-4,7,10,15-16H,1-2,5-6,8-9H2. The fourth-order valence-corrected chi connectivity index (χ4v) is 1.57. The maximum absolute atomic E-state index is 13.0. The van der Waals surface area contributed by atoms with Crippen LogP contribution in [-0.2, 0) is 11.3 Å². The van der Waals surface area contributed by atoms with E-state index in [0.29, 0.717) is 13.2 Å². The number of phenols is 1. The second-order valence-electron chi connectivity index (χ2n) is 4.48. The van der Waals surface area contributed by atoms with Gasteiger partial charge in [-0.2, -0.15) is 0 Å². The average Bonchev–Trinajstić information content (AvgIpc) is 3.12. The van der Waals surface area contributed by atoms with Gasteiger partial charge in [0.1, 0.15) is 0 Å². The third-order valence-corrected chi connectivity index (χ3v) is 2.81. The first-order valence-corrected chi connectivity index (χ1v) is 6.01. The highest BCUT2D eigenvalue weighted by molar-refractivity contribution is 5.27. The lowest BCUT2D eigenvalue weighted by Crippen LogP contribution is -2.19. The van der Waals surface area contributed by atoms with Gasteiger partial charge in [0.15, 0.2) is 11.6 Å². The van der Waals surface area contributed by atoms with Crippen LogP contribution in [-0.4, -0.2) is 24.9 Å².